The van der Waals surface area contributed by atoms with Crippen molar-refractivity contribution in [2.24, 2.45) is 0 Å². The highest BCUT2D eigenvalue weighted by molar-refractivity contribution is 5.94. The lowest BCUT2D eigenvalue weighted by Gasteiger charge is -2.11. The summed E-state index contributed by atoms with van der Waals surface area (Å²) in [5.41, 5.74) is 1.56. The van der Waals surface area contributed by atoms with Crippen LogP contribution in [0.1, 0.15) is 32.6 Å². The highest BCUT2D eigenvalue weighted by atomic mass is 16.5. The molecule has 6 nitrogen and oxygen atoms in total. The molecule has 1 aliphatic rings. The van der Waals surface area contributed by atoms with Crippen LogP contribution in [-0.2, 0) is 20.9 Å². The van der Waals surface area contributed by atoms with Gasteiger partial charge in [0, 0.05) is 29.2 Å². The lowest BCUT2D eigenvalue weighted by Crippen LogP contribution is -2.16. The number of carbonyl (C=O) groups excluding carboxylic acids is 1. The number of carboxylic acid groups (broad SMARTS) is 1. The van der Waals surface area contributed by atoms with E-state index in [4.69, 9.17) is 9.84 Å². The van der Waals surface area contributed by atoms with Crippen LogP contribution < -0.4 is 5.32 Å². The van der Waals surface area contributed by atoms with Crippen LogP contribution in [-0.4, -0.2) is 33.8 Å². The number of carbonyl (C=O) groups is 2. The Labute approximate surface area is 140 Å². The smallest absolute Gasteiger partial charge is 0.323 e. The van der Waals surface area contributed by atoms with Crippen molar-refractivity contribution < 1.29 is 19.4 Å². The molecule has 0 bridgehead atoms. The summed E-state index contributed by atoms with van der Waals surface area (Å²) in [5.74, 6) is -0.907. The molecule has 128 valence electrons. The Hall–Kier alpha value is -2.34. The number of carboxylic acids is 1. The molecule has 6 heteroatoms. The zero-order valence-electron chi connectivity index (χ0n) is 13.7. The second kappa shape index (κ2) is 7.05. The first-order valence-electron chi connectivity index (χ1n) is 8.27. The van der Waals surface area contributed by atoms with Gasteiger partial charge in [-0.3, -0.25) is 9.59 Å². The number of hydrogen-bond acceptors (Lipinski definition) is 3. The molecule has 0 saturated carbocycles. The summed E-state index contributed by atoms with van der Waals surface area (Å²) in [7, 11) is 0. The molecule has 1 fully saturated rings. The fraction of sp³-hybridized carbons (Fsp3) is 0.444. The summed E-state index contributed by atoms with van der Waals surface area (Å²) in [4.78, 5) is 22.9. The molecule has 1 aliphatic heterocycles. The molecule has 1 saturated heterocycles. The average molecular weight is 330 g/mol. The molecule has 0 aliphatic carbocycles. The topological polar surface area (TPSA) is 80.6 Å². The normalized spacial score (nSPS) is 20.4. The number of nitrogens with zero attached hydrogens (tertiary/aromatic N) is 1. The van der Waals surface area contributed by atoms with Gasteiger partial charge < -0.3 is 19.7 Å². The minimum atomic E-state index is -0.881. The highest BCUT2D eigenvalue weighted by Gasteiger charge is 2.22. The second-order valence-corrected chi connectivity index (χ2v) is 6.34. The third-order valence-corrected chi connectivity index (χ3v) is 4.37. The molecule has 2 aromatic rings. The minimum Gasteiger partial charge on any atom is -0.480 e. The molecule has 2 N–H and O–H groups in total. The van der Waals surface area contributed by atoms with E-state index >= 15 is 0 Å². The Morgan fingerprint density at radius 2 is 2.17 bits per heavy atom. The second-order valence-electron chi connectivity index (χ2n) is 6.34. The van der Waals surface area contributed by atoms with Gasteiger partial charge in [-0.15, -0.1) is 0 Å². The fourth-order valence-electron chi connectivity index (χ4n) is 3.17. The van der Waals surface area contributed by atoms with E-state index in [2.05, 4.69) is 12.2 Å². The first-order chi connectivity index (χ1) is 11.5. The van der Waals surface area contributed by atoms with E-state index in [1.54, 1.807) is 16.8 Å². The molecule has 24 heavy (non-hydrogen) atoms. The predicted molar refractivity (Wildman–Crippen MR) is 91.0 cm³/mol. The van der Waals surface area contributed by atoms with Gasteiger partial charge in [0.2, 0.25) is 5.91 Å². The van der Waals surface area contributed by atoms with Crippen LogP contribution in [0.15, 0.2) is 30.5 Å². The maximum absolute atomic E-state index is 12.1. The number of ether oxygens (including phenoxy) is 1. The first-order valence-corrected chi connectivity index (χ1v) is 8.27. The molecule has 3 rings (SSSR count). The van der Waals surface area contributed by atoms with Crippen molar-refractivity contribution >= 4 is 28.5 Å². The Balaban J connectivity index is 1.58. The molecule has 1 aromatic heterocycles. The number of nitrogens with one attached hydrogen (secondary N) is 1. The van der Waals surface area contributed by atoms with Crippen molar-refractivity contribution in [1.82, 2.24) is 4.57 Å². The third kappa shape index (κ3) is 3.94. The lowest BCUT2D eigenvalue weighted by molar-refractivity contribution is -0.137. The van der Waals surface area contributed by atoms with E-state index in [1.165, 1.54) is 0 Å². The van der Waals surface area contributed by atoms with Gasteiger partial charge in [-0.25, -0.2) is 0 Å². The van der Waals surface area contributed by atoms with Crippen molar-refractivity contribution in [2.45, 2.75) is 51.4 Å². The number of anilines is 1. The van der Waals surface area contributed by atoms with Gasteiger partial charge in [-0.2, -0.15) is 0 Å². The summed E-state index contributed by atoms with van der Waals surface area (Å²) in [5, 5.41) is 12.7. The number of hydrogen-bond donors (Lipinski definition) is 2. The molecular formula is C18H22N2O4. The van der Waals surface area contributed by atoms with Crippen molar-refractivity contribution in [3.05, 3.63) is 30.5 Å². The van der Waals surface area contributed by atoms with Gasteiger partial charge in [0.15, 0.2) is 0 Å². The van der Waals surface area contributed by atoms with Gasteiger partial charge in [0.05, 0.1) is 12.2 Å². The molecule has 0 spiro atoms. The van der Waals surface area contributed by atoms with Crippen LogP contribution in [0.3, 0.4) is 0 Å². The molecule has 1 aromatic carbocycles. The van der Waals surface area contributed by atoms with E-state index in [0.29, 0.717) is 12.5 Å². The maximum Gasteiger partial charge on any atom is 0.323 e. The Kier molecular flexibility index (Phi) is 4.85. The zero-order chi connectivity index (χ0) is 17.1. The number of rotatable bonds is 6. The third-order valence-electron chi connectivity index (χ3n) is 4.37. The SMILES string of the molecule is CC1CCC(CCC(=O)Nc2ccc3c(ccn3CC(=O)O)c2)O1. The summed E-state index contributed by atoms with van der Waals surface area (Å²) >= 11 is 0. The van der Waals surface area contributed by atoms with Crippen LogP contribution >= 0.6 is 0 Å². The van der Waals surface area contributed by atoms with Crippen LogP contribution in [0.2, 0.25) is 0 Å². The lowest BCUT2D eigenvalue weighted by atomic mass is 10.1. The highest BCUT2D eigenvalue weighted by Crippen LogP contribution is 2.24. The number of aliphatic carboxylic acids is 1. The quantitative estimate of drug-likeness (QED) is 0.853. The Bertz CT molecular complexity index is 753. The molecule has 0 radical (unpaired) electrons. The van der Waals surface area contributed by atoms with E-state index < -0.39 is 5.97 Å². The van der Waals surface area contributed by atoms with Crippen LogP contribution in [0, 0.1) is 0 Å². The minimum absolute atomic E-state index is 0.0255. The Morgan fingerprint density at radius 3 is 2.88 bits per heavy atom. The van der Waals surface area contributed by atoms with E-state index in [1.807, 2.05) is 18.2 Å². The molecule has 2 unspecified atom stereocenters. The largest absolute Gasteiger partial charge is 0.480 e. The van der Waals surface area contributed by atoms with Crippen molar-refractivity contribution in [1.29, 1.82) is 0 Å². The number of fused-ring (bicyclic) bond motifs is 1. The van der Waals surface area contributed by atoms with Gasteiger partial charge in [0.25, 0.3) is 0 Å². The van der Waals surface area contributed by atoms with E-state index in [0.717, 1.165) is 35.9 Å². The van der Waals surface area contributed by atoms with Crippen LogP contribution in [0.25, 0.3) is 10.9 Å². The van der Waals surface area contributed by atoms with Gasteiger partial charge in [0.1, 0.15) is 6.54 Å². The monoisotopic (exact) mass is 330 g/mol. The fourth-order valence-corrected chi connectivity index (χ4v) is 3.17. The molecule has 1 amide bonds. The summed E-state index contributed by atoms with van der Waals surface area (Å²) in [6, 6.07) is 7.34. The summed E-state index contributed by atoms with van der Waals surface area (Å²) in [6.07, 6.45) is 5.51. The molecular weight excluding hydrogens is 308 g/mol. The van der Waals surface area contributed by atoms with Crippen LogP contribution in [0.5, 0.6) is 0 Å². The number of benzene rings is 1. The molecule has 2 heterocycles. The Morgan fingerprint density at radius 1 is 1.33 bits per heavy atom. The predicted octanol–water partition coefficient (Wildman–Crippen LogP) is 3.01. The zero-order valence-corrected chi connectivity index (χ0v) is 13.7. The van der Waals surface area contributed by atoms with Crippen molar-refractivity contribution in [3.63, 3.8) is 0 Å². The van der Waals surface area contributed by atoms with Gasteiger partial charge in [-0.05, 0) is 50.5 Å². The number of amides is 1. The first kappa shape index (κ1) is 16.5. The van der Waals surface area contributed by atoms with E-state index in [-0.39, 0.29) is 18.6 Å². The summed E-state index contributed by atoms with van der Waals surface area (Å²) in [6.45, 7) is 1.99. The van der Waals surface area contributed by atoms with Crippen molar-refractivity contribution in [2.75, 3.05) is 5.32 Å². The standard InChI is InChI=1S/C18H22N2O4/c1-12-2-4-15(24-12)5-7-17(21)19-14-3-6-16-13(10-14)8-9-20(16)11-18(22)23/h3,6,8-10,12,15H,2,4-5,7,11H2,1H3,(H,19,21)(H,22,23). The number of aromatic nitrogens is 1. The van der Waals surface area contributed by atoms with Gasteiger partial charge in [-0.1, -0.05) is 0 Å². The van der Waals surface area contributed by atoms with E-state index in [9.17, 15) is 9.59 Å². The summed E-state index contributed by atoms with van der Waals surface area (Å²) < 4.78 is 7.39. The average Bonchev–Trinajstić information content (AvgIpc) is 3.11. The van der Waals surface area contributed by atoms with Crippen LogP contribution in [0.4, 0.5) is 5.69 Å². The molecule has 2 atom stereocenters. The maximum atomic E-state index is 12.1. The van der Waals surface area contributed by atoms with Crippen molar-refractivity contribution in [3.8, 4) is 0 Å². The van der Waals surface area contributed by atoms with Gasteiger partial charge >= 0.3 is 5.97 Å².